The van der Waals surface area contributed by atoms with E-state index in [0.717, 1.165) is 0 Å². The van der Waals surface area contributed by atoms with E-state index in [1.165, 1.54) is 20.3 Å². The predicted octanol–water partition coefficient (Wildman–Crippen LogP) is 2.80. The second-order valence-electron chi connectivity index (χ2n) is 5.09. The van der Waals surface area contributed by atoms with Gasteiger partial charge in [-0.25, -0.2) is 4.39 Å². The largest absolute Gasteiger partial charge is 0.492 e. The summed E-state index contributed by atoms with van der Waals surface area (Å²) in [7, 11) is 2.76. The summed E-state index contributed by atoms with van der Waals surface area (Å²) in [6, 6.07) is 1.33. The van der Waals surface area contributed by atoms with E-state index >= 15 is 0 Å². The van der Waals surface area contributed by atoms with Crippen LogP contribution in [0.15, 0.2) is 6.07 Å². The molecule has 1 N–H and O–H groups in total. The van der Waals surface area contributed by atoms with Gasteiger partial charge in [-0.05, 0) is 38.8 Å². The first-order chi connectivity index (χ1) is 8.74. The van der Waals surface area contributed by atoms with Gasteiger partial charge in [0, 0.05) is 5.56 Å². The van der Waals surface area contributed by atoms with Gasteiger partial charge < -0.3 is 14.6 Å². The molecule has 0 aliphatic heterocycles. The minimum absolute atomic E-state index is 0.00397. The van der Waals surface area contributed by atoms with Crippen LogP contribution < -0.4 is 9.47 Å². The highest BCUT2D eigenvalue weighted by Gasteiger charge is 2.31. The molecule has 106 valence electrons. The van der Waals surface area contributed by atoms with E-state index in [-0.39, 0.29) is 17.9 Å². The number of hydrogen-bond acceptors (Lipinski definition) is 3. The number of carboxylic acid groups (broad SMARTS) is 1. The molecule has 5 heteroatoms. The van der Waals surface area contributed by atoms with Crippen LogP contribution in [0.1, 0.15) is 25.0 Å². The molecule has 4 nitrogen and oxygen atoms in total. The summed E-state index contributed by atoms with van der Waals surface area (Å²) in [6.45, 7) is 4.95. The Labute approximate surface area is 112 Å². The molecule has 0 aromatic heterocycles. The van der Waals surface area contributed by atoms with Gasteiger partial charge in [-0.1, -0.05) is 0 Å². The molecule has 0 spiro atoms. The van der Waals surface area contributed by atoms with Crippen molar-refractivity contribution in [2.45, 2.75) is 27.2 Å². The maximum absolute atomic E-state index is 13.7. The summed E-state index contributed by atoms with van der Waals surface area (Å²) < 4.78 is 23.9. The minimum Gasteiger partial charge on any atom is -0.492 e. The second kappa shape index (κ2) is 5.47. The average Bonchev–Trinajstić information content (AvgIpc) is 2.31. The molecule has 0 aliphatic rings. The fourth-order valence-electron chi connectivity index (χ4n) is 1.91. The lowest BCUT2D eigenvalue weighted by molar-refractivity contribution is -0.146. The number of rotatable bonds is 5. The monoisotopic (exact) mass is 270 g/mol. The molecule has 0 unspecified atom stereocenters. The van der Waals surface area contributed by atoms with Gasteiger partial charge in [0.25, 0.3) is 0 Å². The fourth-order valence-corrected chi connectivity index (χ4v) is 1.91. The van der Waals surface area contributed by atoms with Crippen LogP contribution in [0.3, 0.4) is 0 Å². The van der Waals surface area contributed by atoms with Crippen molar-refractivity contribution in [3.63, 3.8) is 0 Å². The van der Waals surface area contributed by atoms with E-state index in [1.807, 2.05) is 0 Å². The smallest absolute Gasteiger partial charge is 0.309 e. The predicted molar refractivity (Wildman–Crippen MR) is 69.4 cm³/mol. The van der Waals surface area contributed by atoms with Crippen molar-refractivity contribution < 1.29 is 23.8 Å². The Morgan fingerprint density at radius 1 is 1.32 bits per heavy atom. The van der Waals surface area contributed by atoms with Gasteiger partial charge in [-0.15, -0.1) is 0 Å². The van der Waals surface area contributed by atoms with Crippen molar-refractivity contribution in [3.05, 3.63) is 23.0 Å². The second-order valence-corrected chi connectivity index (χ2v) is 5.09. The number of aliphatic carboxylic acids is 1. The van der Waals surface area contributed by atoms with E-state index in [1.54, 1.807) is 20.8 Å². The number of hydrogen-bond donors (Lipinski definition) is 1. The first kappa shape index (κ1) is 15.3. The fraction of sp³-hybridized carbons (Fsp3) is 0.500. The molecule has 0 fully saturated rings. The van der Waals surface area contributed by atoms with Crippen molar-refractivity contribution >= 4 is 5.97 Å². The summed E-state index contributed by atoms with van der Waals surface area (Å²) in [5.41, 5.74) is 0.318. The lowest BCUT2D eigenvalue weighted by Gasteiger charge is -2.23. The molecule has 0 saturated heterocycles. The summed E-state index contributed by atoms with van der Waals surface area (Å²) in [5, 5.41) is 9.19. The molecular formula is C14H19FO4. The number of ether oxygens (including phenoxy) is 2. The summed E-state index contributed by atoms with van der Waals surface area (Å²) >= 11 is 0. The average molecular weight is 270 g/mol. The summed E-state index contributed by atoms with van der Waals surface area (Å²) in [4.78, 5) is 11.2. The molecule has 0 bridgehead atoms. The third-order valence-electron chi connectivity index (χ3n) is 3.12. The molecule has 1 aromatic carbocycles. The Hall–Kier alpha value is -1.78. The number of aryl methyl sites for hydroxylation is 1. The number of carbonyl (C=O) groups is 1. The zero-order valence-electron chi connectivity index (χ0n) is 11.8. The number of benzene rings is 1. The highest BCUT2D eigenvalue weighted by Crippen LogP contribution is 2.39. The zero-order valence-corrected chi connectivity index (χ0v) is 11.8. The summed E-state index contributed by atoms with van der Waals surface area (Å²) in [5.74, 6) is -1.18. The van der Waals surface area contributed by atoms with E-state index in [4.69, 9.17) is 9.47 Å². The molecular weight excluding hydrogens is 251 g/mol. The number of carboxylic acids is 1. The van der Waals surface area contributed by atoms with Crippen LogP contribution in [0.4, 0.5) is 4.39 Å². The van der Waals surface area contributed by atoms with E-state index in [2.05, 4.69) is 0 Å². The molecule has 0 saturated carbocycles. The SMILES string of the molecule is COc1c(F)cc(C)c(CC(C)(C)C(=O)O)c1OC. The standard InChI is InChI=1S/C14H19FO4/c1-8-6-10(15)12(19-5)11(18-4)9(8)7-14(2,3)13(16)17/h6H,7H2,1-5H3,(H,16,17). The van der Waals surface area contributed by atoms with Crippen LogP contribution >= 0.6 is 0 Å². The van der Waals surface area contributed by atoms with Gasteiger partial charge in [0.2, 0.25) is 0 Å². The van der Waals surface area contributed by atoms with E-state index < -0.39 is 17.2 Å². The Morgan fingerprint density at radius 2 is 1.84 bits per heavy atom. The Morgan fingerprint density at radius 3 is 2.26 bits per heavy atom. The Bertz CT molecular complexity index is 495. The van der Waals surface area contributed by atoms with Crippen molar-refractivity contribution in [1.82, 2.24) is 0 Å². The molecule has 1 rings (SSSR count). The lowest BCUT2D eigenvalue weighted by Crippen LogP contribution is -2.27. The van der Waals surface area contributed by atoms with Crippen LogP contribution in [0.5, 0.6) is 11.5 Å². The molecule has 1 aromatic rings. The third-order valence-corrected chi connectivity index (χ3v) is 3.12. The van der Waals surface area contributed by atoms with Crippen LogP contribution in [0.2, 0.25) is 0 Å². The van der Waals surface area contributed by atoms with Crippen molar-refractivity contribution in [2.24, 2.45) is 5.41 Å². The Balaban J connectivity index is 3.38. The van der Waals surface area contributed by atoms with Crippen molar-refractivity contribution in [3.8, 4) is 11.5 Å². The molecule has 0 heterocycles. The number of halogens is 1. The maximum atomic E-state index is 13.7. The van der Waals surface area contributed by atoms with Gasteiger partial charge >= 0.3 is 5.97 Å². The normalized spacial score (nSPS) is 11.3. The third kappa shape index (κ3) is 2.97. The highest BCUT2D eigenvalue weighted by atomic mass is 19.1. The zero-order chi connectivity index (χ0) is 14.8. The highest BCUT2D eigenvalue weighted by molar-refractivity contribution is 5.74. The van der Waals surface area contributed by atoms with Crippen molar-refractivity contribution in [1.29, 1.82) is 0 Å². The van der Waals surface area contributed by atoms with Gasteiger partial charge in [0.1, 0.15) is 0 Å². The molecule has 0 amide bonds. The van der Waals surface area contributed by atoms with Crippen LogP contribution in [0.25, 0.3) is 0 Å². The minimum atomic E-state index is -0.971. The number of methoxy groups -OCH3 is 2. The Kier molecular flexibility index (Phi) is 4.39. The molecule has 0 radical (unpaired) electrons. The molecule has 19 heavy (non-hydrogen) atoms. The van der Waals surface area contributed by atoms with Crippen LogP contribution in [0, 0.1) is 18.2 Å². The first-order valence-corrected chi connectivity index (χ1v) is 5.88. The quantitative estimate of drug-likeness (QED) is 0.893. The van der Waals surface area contributed by atoms with Gasteiger partial charge in [-0.3, -0.25) is 4.79 Å². The van der Waals surface area contributed by atoms with Gasteiger partial charge in [0.05, 0.1) is 19.6 Å². The van der Waals surface area contributed by atoms with Crippen molar-refractivity contribution in [2.75, 3.05) is 14.2 Å². The maximum Gasteiger partial charge on any atom is 0.309 e. The van der Waals surface area contributed by atoms with Crippen LogP contribution in [-0.2, 0) is 11.2 Å². The molecule has 0 atom stereocenters. The van der Waals surface area contributed by atoms with Gasteiger partial charge in [0.15, 0.2) is 17.3 Å². The summed E-state index contributed by atoms with van der Waals surface area (Å²) in [6.07, 6.45) is 0.230. The first-order valence-electron chi connectivity index (χ1n) is 5.88. The van der Waals surface area contributed by atoms with E-state index in [0.29, 0.717) is 11.1 Å². The lowest BCUT2D eigenvalue weighted by atomic mass is 9.84. The van der Waals surface area contributed by atoms with E-state index in [9.17, 15) is 14.3 Å². The molecule has 0 aliphatic carbocycles. The topological polar surface area (TPSA) is 55.8 Å². The van der Waals surface area contributed by atoms with Gasteiger partial charge in [-0.2, -0.15) is 0 Å². The van der Waals surface area contributed by atoms with Crippen LogP contribution in [-0.4, -0.2) is 25.3 Å².